The molecule has 2 aromatic carbocycles. The number of benzene rings is 2. The molecule has 2 aromatic rings. The average molecular weight is 352 g/mol. The van der Waals surface area contributed by atoms with Gasteiger partial charge in [-0.15, -0.1) is 0 Å². The van der Waals surface area contributed by atoms with E-state index in [-0.39, 0.29) is 12.5 Å². The first-order valence-electron chi connectivity index (χ1n) is 9.23. The predicted molar refractivity (Wildman–Crippen MR) is 102 cm³/mol. The van der Waals surface area contributed by atoms with Crippen LogP contribution >= 0.6 is 0 Å². The SMILES string of the molecule is O=C(COc1ccc2ccccc2c1C1=CCNCC1)N1CCOCC1. The Kier molecular flexibility index (Phi) is 5.18. The van der Waals surface area contributed by atoms with E-state index in [1.165, 1.54) is 16.3 Å². The van der Waals surface area contributed by atoms with E-state index in [1.54, 1.807) is 0 Å². The number of nitrogens with one attached hydrogen (secondary N) is 1. The van der Waals surface area contributed by atoms with Gasteiger partial charge in [-0.2, -0.15) is 0 Å². The lowest BCUT2D eigenvalue weighted by molar-refractivity contribution is -0.137. The molecule has 136 valence electrons. The molecule has 1 N–H and O–H groups in total. The van der Waals surface area contributed by atoms with Crippen LogP contribution in [0.15, 0.2) is 42.5 Å². The van der Waals surface area contributed by atoms with E-state index >= 15 is 0 Å². The van der Waals surface area contributed by atoms with Crippen LogP contribution in [0.4, 0.5) is 0 Å². The molecule has 4 rings (SSSR count). The lowest BCUT2D eigenvalue weighted by atomic mass is 9.93. The highest BCUT2D eigenvalue weighted by Crippen LogP contribution is 2.36. The molecular weight excluding hydrogens is 328 g/mol. The zero-order chi connectivity index (χ0) is 17.8. The topological polar surface area (TPSA) is 50.8 Å². The van der Waals surface area contributed by atoms with Crippen LogP contribution < -0.4 is 10.1 Å². The van der Waals surface area contributed by atoms with Crippen molar-refractivity contribution in [3.8, 4) is 5.75 Å². The number of fused-ring (bicyclic) bond motifs is 1. The van der Waals surface area contributed by atoms with E-state index in [0.717, 1.165) is 30.8 Å². The molecule has 2 heterocycles. The molecule has 5 nitrogen and oxygen atoms in total. The van der Waals surface area contributed by atoms with Crippen molar-refractivity contribution < 1.29 is 14.3 Å². The van der Waals surface area contributed by atoms with Gasteiger partial charge in [0.15, 0.2) is 6.61 Å². The van der Waals surface area contributed by atoms with Crippen molar-refractivity contribution in [1.29, 1.82) is 0 Å². The van der Waals surface area contributed by atoms with Crippen molar-refractivity contribution >= 4 is 22.3 Å². The van der Waals surface area contributed by atoms with E-state index in [4.69, 9.17) is 9.47 Å². The van der Waals surface area contributed by atoms with Gasteiger partial charge in [0.2, 0.25) is 0 Å². The Hall–Kier alpha value is -2.37. The summed E-state index contributed by atoms with van der Waals surface area (Å²) < 4.78 is 11.3. The number of rotatable bonds is 4. The smallest absolute Gasteiger partial charge is 0.260 e. The Balaban J connectivity index is 1.61. The predicted octanol–water partition coefficient (Wildman–Crippen LogP) is 2.45. The molecule has 0 aromatic heterocycles. The van der Waals surface area contributed by atoms with Gasteiger partial charge in [-0.1, -0.05) is 36.4 Å². The molecule has 2 aliphatic heterocycles. The number of amides is 1. The molecule has 0 aliphatic carbocycles. The van der Waals surface area contributed by atoms with Gasteiger partial charge < -0.3 is 19.7 Å². The summed E-state index contributed by atoms with van der Waals surface area (Å²) in [5, 5.41) is 5.72. The fraction of sp³-hybridized carbons (Fsp3) is 0.381. The van der Waals surface area contributed by atoms with Crippen LogP contribution in [0.5, 0.6) is 5.75 Å². The third kappa shape index (κ3) is 3.59. The second-order valence-electron chi connectivity index (χ2n) is 6.63. The van der Waals surface area contributed by atoms with Crippen molar-refractivity contribution in [1.82, 2.24) is 10.2 Å². The first-order valence-corrected chi connectivity index (χ1v) is 9.23. The maximum atomic E-state index is 12.4. The molecule has 0 radical (unpaired) electrons. The zero-order valence-electron chi connectivity index (χ0n) is 14.9. The van der Waals surface area contributed by atoms with Crippen molar-refractivity contribution in [2.75, 3.05) is 46.0 Å². The maximum absolute atomic E-state index is 12.4. The molecule has 1 saturated heterocycles. The molecule has 0 atom stereocenters. The molecule has 5 heteroatoms. The van der Waals surface area contributed by atoms with Crippen molar-refractivity contribution in [3.63, 3.8) is 0 Å². The van der Waals surface area contributed by atoms with E-state index in [0.29, 0.717) is 26.3 Å². The number of carbonyl (C=O) groups is 1. The summed E-state index contributed by atoms with van der Waals surface area (Å²) in [6.07, 6.45) is 3.18. The Morgan fingerprint density at radius 1 is 1.15 bits per heavy atom. The first kappa shape index (κ1) is 17.1. The van der Waals surface area contributed by atoms with Gasteiger partial charge in [-0.05, 0) is 35.4 Å². The molecule has 26 heavy (non-hydrogen) atoms. The number of ether oxygens (including phenoxy) is 2. The normalized spacial score (nSPS) is 17.8. The Morgan fingerprint density at radius 3 is 2.81 bits per heavy atom. The third-order valence-corrected chi connectivity index (χ3v) is 4.99. The highest BCUT2D eigenvalue weighted by molar-refractivity contribution is 5.96. The quantitative estimate of drug-likeness (QED) is 0.918. The van der Waals surface area contributed by atoms with Crippen LogP contribution in [-0.4, -0.2) is 56.8 Å². The molecule has 0 unspecified atom stereocenters. The van der Waals surface area contributed by atoms with Crippen molar-refractivity contribution in [3.05, 3.63) is 48.0 Å². The summed E-state index contributed by atoms with van der Waals surface area (Å²) >= 11 is 0. The molecule has 2 aliphatic rings. The molecule has 0 saturated carbocycles. The second kappa shape index (κ2) is 7.89. The van der Waals surface area contributed by atoms with Crippen molar-refractivity contribution in [2.45, 2.75) is 6.42 Å². The lowest BCUT2D eigenvalue weighted by Crippen LogP contribution is -2.43. The summed E-state index contributed by atoms with van der Waals surface area (Å²) in [4.78, 5) is 14.3. The van der Waals surface area contributed by atoms with Gasteiger partial charge in [-0.25, -0.2) is 0 Å². The summed E-state index contributed by atoms with van der Waals surface area (Å²) in [5.41, 5.74) is 2.41. The second-order valence-corrected chi connectivity index (χ2v) is 6.63. The van der Waals surface area contributed by atoms with Gasteiger partial charge >= 0.3 is 0 Å². The van der Waals surface area contributed by atoms with Crippen molar-refractivity contribution in [2.24, 2.45) is 0 Å². The number of hydrogen-bond donors (Lipinski definition) is 1. The standard InChI is InChI=1S/C21H24N2O3/c24-20(23-11-13-25-14-12-23)15-26-19-6-5-16-3-1-2-4-18(16)21(19)17-7-9-22-10-8-17/h1-7,22H,8-15H2. The van der Waals surface area contributed by atoms with Crippen LogP contribution in [0.1, 0.15) is 12.0 Å². The average Bonchev–Trinajstić information content (AvgIpc) is 2.72. The van der Waals surface area contributed by atoms with Gasteiger partial charge in [0.05, 0.1) is 13.2 Å². The van der Waals surface area contributed by atoms with Gasteiger partial charge in [0.25, 0.3) is 5.91 Å². The van der Waals surface area contributed by atoms with Gasteiger partial charge in [0.1, 0.15) is 5.75 Å². The Bertz CT molecular complexity index is 825. The highest BCUT2D eigenvalue weighted by Gasteiger charge is 2.19. The van der Waals surface area contributed by atoms with E-state index in [9.17, 15) is 4.79 Å². The highest BCUT2D eigenvalue weighted by atomic mass is 16.5. The van der Waals surface area contributed by atoms with Crippen LogP contribution in [0, 0.1) is 0 Å². The summed E-state index contributed by atoms with van der Waals surface area (Å²) in [6, 6.07) is 12.4. The summed E-state index contributed by atoms with van der Waals surface area (Å²) in [7, 11) is 0. The molecule has 1 amide bonds. The molecule has 0 spiro atoms. The Labute approximate surface area is 153 Å². The Morgan fingerprint density at radius 2 is 2.00 bits per heavy atom. The fourth-order valence-corrected chi connectivity index (χ4v) is 3.60. The van der Waals surface area contributed by atoms with E-state index < -0.39 is 0 Å². The van der Waals surface area contributed by atoms with Crippen LogP contribution in [0.25, 0.3) is 16.3 Å². The zero-order valence-corrected chi connectivity index (χ0v) is 14.9. The minimum Gasteiger partial charge on any atom is -0.483 e. The molecular formula is C21H24N2O3. The molecule has 0 bridgehead atoms. The van der Waals surface area contributed by atoms with E-state index in [2.05, 4.69) is 35.7 Å². The number of nitrogens with zero attached hydrogens (tertiary/aromatic N) is 1. The number of carbonyl (C=O) groups excluding carboxylic acids is 1. The maximum Gasteiger partial charge on any atom is 0.260 e. The monoisotopic (exact) mass is 352 g/mol. The van der Waals surface area contributed by atoms with Gasteiger partial charge in [-0.3, -0.25) is 4.79 Å². The lowest BCUT2D eigenvalue weighted by Gasteiger charge is -2.27. The molecule has 1 fully saturated rings. The minimum atomic E-state index is 0.0201. The largest absolute Gasteiger partial charge is 0.483 e. The summed E-state index contributed by atoms with van der Waals surface area (Å²) in [6.45, 7) is 4.38. The van der Waals surface area contributed by atoms with Crippen LogP contribution in [0.2, 0.25) is 0 Å². The number of morpholine rings is 1. The fourth-order valence-electron chi connectivity index (χ4n) is 3.60. The van der Waals surface area contributed by atoms with Crippen LogP contribution in [0.3, 0.4) is 0 Å². The number of hydrogen-bond acceptors (Lipinski definition) is 4. The first-order chi connectivity index (χ1) is 12.8. The van der Waals surface area contributed by atoms with Gasteiger partial charge in [0, 0.05) is 25.2 Å². The van der Waals surface area contributed by atoms with Crippen LogP contribution in [-0.2, 0) is 9.53 Å². The minimum absolute atomic E-state index is 0.0201. The third-order valence-electron chi connectivity index (χ3n) is 4.99. The van der Waals surface area contributed by atoms with E-state index in [1.807, 2.05) is 17.0 Å². The summed E-state index contributed by atoms with van der Waals surface area (Å²) in [5.74, 6) is 0.810.